The van der Waals surface area contributed by atoms with Gasteiger partial charge in [0.25, 0.3) is 0 Å². The number of hydrogen-bond acceptors (Lipinski definition) is 3. The Morgan fingerprint density at radius 3 is 2.68 bits per heavy atom. The number of rotatable bonds is 6. The van der Waals surface area contributed by atoms with Crippen molar-refractivity contribution >= 4 is 15.9 Å². The summed E-state index contributed by atoms with van der Waals surface area (Å²) < 4.78 is 25.1. The third-order valence-corrected chi connectivity index (χ3v) is 6.39. The van der Waals surface area contributed by atoms with Crippen LogP contribution in [0.5, 0.6) is 0 Å². The Morgan fingerprint density at radius 2 is 2.00 bits per heavy atom. The summed E-state index contributed by atoms with van der Waals surface area (Å²) >= 11 is 0. The van der Waals surface area contributed by atoms with Crippen molar-refractivity contribution in [2.45, 2.75) is 51.0 Å². The fourth-order valence-electron chi connectivity index (χ4n) is 4.08. The highest BCUT2D eigenvalue weighted by Gasteiger charge is 2.58. The summed E-state index contributed by atoms with van der Waals surface area (Å²) in [7, 11) is -3.18. The molecule has 1 saturated heterocycles. The number of sulfonamides is 1. The van der Waals surface area contributed by atoms with E-state index >= 15 is 0 Å². The first kappa shape index (κ1) is 18.4. The zero-order valence-corrected chi connectivity index (χ0v) is 15.9. The molecule has 3 atom stereocenters. The van der Waals surface area contributed by atoms with Gasteiger partial charge in [-0.05, 0) is 43.6 Å². The monoisotopic (exact) mass is 364 g/mol. The molecule has 2 aliphatic rings. The minimum absolute atomic E-state index is 0.143. The van der Waals surface area contributed by atoms with Gasteiger partial charge in [0.05, 0.1) is 11.7 Å². The number of nitrogens with one attached hydrogen (secondary N) is 1. The highest BCUT2D eigenvalue weighted by Crippen LogP contribution is 2.60. The lowest BCUT2D eigenvalue weighted by Crippen LogP contribution is -2.48. The molecule has 3 rings (SSSR count). The summed E-state index contributed by atoms with van der Waals surface area (Å²) in [4.78, 5) is 15.2. The predicted octanol–water partition coefficient (Wildman–Crippen LogP) is 2.50. The van der Waals surface area contributed by atoms with E-state index in [9.17, 15) is 13.2 Å². The maximum Gasteiger partial charge on any atom is 0.229 e. The molecule has 1 aromatic rings. The van der Waals surface area contributed by atoms with Crippen molar-refractivity contribution in [3.05, 3.63) is 35.9 Å². The lowest BCUT2D eigenvalue weighted by molar-refractivity contribution is -0.140. The van der Waals surface area contributed by atoms with Gasteiger partial charge in [0.1, 0.15) is 0 Å². The molecule has 0 spiro atoms. The normalized spacial score (nSPS) is 29.4. The topological polar surface area (TPSA) is 66.5 Å². The molecule has 1 unspecified atom stereocenters. The number of nitrogens with zero attached hydrogens (tertiary/aromatic N) is 1. The Bertz CT molecular complexity index is 719. The van der Waals surface area contributed by atoms with Crippen LogP contribution in [0.1, 0.15) is 50.5 Å². The molecular formula is C19H28N2O3S. The van der Waals surface area contributed by atoms with Crippen molar-refractivity contribution in [2.24, 2.45) is 5.41 Å². The Kier molecular flexibility index (Phi) is 5.21. The van der Waals surface area contributed by atoms with Gasteiger partial charge in [-0.3, -0.25) is 4.79 Å². The van der Waals surface area contributed by atoms with Gasteiger partial charge in [-0.25, -0.2) is 13.1 Å². The number of piperidine rings is 1. The standard InChI is InChI=1S/C19H28N2O3S/c1-19(14-17(19)15-8-4-3-5-9-15)18(22)21-13-7-6-10-16(21)11-12-20-25(2,23)24/h3-5,8-9,16-17,20H,6-7,10-14H2,1-2H3/t16?,17-,19+/m1/s1. The van der Waals surface area contributed by atoms with Gasteiger partial charge in [-0.15, -0.1) is 0 Å². The summed E-state index contributed by atoms with van der Waals surface area (Å²) in [5.74, 6) is 0.545. The molecule has 0 radical (unpaired) electrons. The third-order valence-electron chi connectivity index (χ3n) is 5.66. The second kappa shape index (κ2) is 7.08. The molecule has 1 N–H and O–H groups in total. The molecule has 1 heterocycles. The van der Waals surface area contributed by atoms with Crippen molar-refractivity contribution in [2.75, 3.05) is 19.3 Å². The zero-order chi connectivity index (χ0) is 18.1. The highest BCUT2D eigenvalue weighted by atomic mass is 32.2. The van der Waals surface area contributed by atoms with Gasteiger partial charge in [0.15, 0.2) is 0 Å². The quantitative estimate of drug-likeness (QED) is 0.843. The SMILES string of the molecule is C[C@]1(C(=O)N2CCCCC2CCNS(C)(=O)=O)C[C@@H]1c1ccccc1. The summed E-state index contributed by atoms with van der Waals surface area (Å²) in [5.41, 5.74) is 0.937. The highest BCUT2D eigenvalue weighted by molar-refractivity contribution is 7.88. The molecule has 2 fully saturated rings. The number of hydrogen-bond donors (Lipinski definition) is 1. The van der Waals surface area contributed by atoms with Crippen LogP contribution >= 0.6 is 0 Å². The van der Waals surface area contributed by atoms with Gasteiger partial charge in [0.2, 0.25) is 15.9 Å². The van der Waals surface area contributed by atoms with Crippen LogP contribution in [-0.4, -0.2) is 44.6 Å². The van der Waals surface area contributed by atoms with E-state index in [1.54, 1.807) is 0 Å². The predicted molar refractivity (Wildman–Crippen MR) is 98.7 cm³/mol. The van der Waals surface area contributed by atoms with Gasteiger partial charge in [-0.2, -0.15) is 0 Å². The Morgan fingerprint density at radius 1 is 1.28 bits per heavy atom. The lowest BCUT2D eigenvalue weighted by atomic mass is 9.94. The van der Waals surface area contributed by atoms with E-state index in [1.165, 1.54) is 11.8 Å². The molecule has 0 aromatic heterocycles. The first-order valence-corrected chi connectivity index (χ1v) is 11.0. The van der Waals surface area contributed by atoms with Crippen LogP contribution in [0.15, 0.2) is 30.3 Å². The Balaban J connectivity index is 1.65. The van der Waals surface area contributed by atoms with Crippen molar-refractivity contribution in [3.63, 3.8) is 0 Å². The molecule has 138 valence electrons. The summed E-state index contributed by atoms with van der Waals surface area (Å²) in [6.45, 7) is 3.26. The fourth-order valence-corrected chi connectivity index (χ4v) is 4.57. The van der Waals surface area contributed by atoms with Crippen molar-refractivity contribution < 1.29 is 13.2 Å². The average molecular weight is 365 g/mol. The van der Waals surface area contributed by atoms with E-state index in [1.807, 2.05) is 23.1 Å². The number of benzene rings is 1. The second-order valence-corrected chi connectivity index (χ2v) is 9.52. The molecule has 0 bridgehead atoms. The van der Waals surface area contributed by atoms with Crippen LogP contribution in [0.2, 0.25) is 0 Å². The average Bonchev–Trinajstić information content (AvgIpc) is 3.28. The van der Waals surface area contributed by atoms with Crippen LogP contribution in [0.25, 0.3) is 0 Å². The molecule has 1 saturated carbocycles. The molecule has 1 aromatic carbocycles. The summed E-state index contributed by atoms with van der Waals surface area (Å²) in [6, 6.07) is 10.4. The molecule has 1 aliphatic heterocycles. The number of carbonyl (C=O) groups is 1. The van der Waals surface area contributed by atoms with E-state index in [4.69, 9.17) is 0 Å². The van der Waals surface area contributed by atoms with Crippen LogP contribution in [0, 0.1) is 5.41 Å². The van der Waals surface area contributed by atoms with E-state index < -0.39 is 10.0 Å². The Hall–Kier alpha value is -1.40. The molecule has 6 heteroatoms. The number of amides is 1. The second-order valence-electron chi connectivity index (χ2n) is 7.69. The van der Waals surface area contributed by atoms with E-state index in [0.29, 0.717) is 18.9 Å². The van der Waals surface area contributed by atoms with Crippen LogP contribution in [0.4, 0.5) is 0 Å². The number of likely N-dealkylation sites (tertiary alicyclic amines) is 1. The third kappa shape index (κ3) is 4.23. The largest absolute Gasteiger partial charge is 0.339 e. The zero-order valence-electron chi connectivity index (χ0n) is 15.1. The number of carbonyl (C=O) groups excluding carboxylic acids is 1. The molecule has 1 amide bonds. The summed E-state index contributed by atoms with van der Waals surface area (Å²) in [5, 5.41) is 0. The first-order valence-electron chi connectivity index (χ1n) is 9.12. The van der Waals surface area contributed by atoms with Crippen LogP contribution in [-0.2, 0) is 14.8 Å². The van der Waals surface area contributed by atoms with Crippen molar-refractivity contribution in [3.8, 4) is 0 Å². The molecule has 25 heavy (non-hydrogen) atoms. The summed E-state index contributed by atoms with van der Waals surface area (Å²) in [6.07, 6.45) is 5.86. The van der Waals surface area contributed by atoms with Gasteiger partial charge >= 0.3 is 0 Å². The maximum atomic E-state index is 13.2. The van der Waals surface area contributed by atoms with Crippen molar-refractivity contribution in [1.29, 1.82) is 0 Å². The minimum atomic E-state index is -3.18. The minimum Gasteiger partial charge on any atom is -0.339 e. The van der Waals surface area contributed by atoms with E-state index in [2.05, 4.69) is 23.8 Å². The molecule has 1 aliphatic carbocycles. The smallest absolute Gasteiger partial charge is 0.229 e. The van der Waals surface area contributed by atoms with Gasteiger partial charge < -0.3 is 4.90 Å². The first-order chi connectivity index (χ1) is 11.8. The van der Waals surface area contributed by atoms with E-state index in [-0.39, 0.29) is 17.4 Å². The van der Waals surface area contributed by atoms with Crippen LogP contribution < -0.4 is 4.72 Å². The molecule has 5 nitrogen and oxygen atoms in total. The van der Waals surface area contributed by atoms with E-state index in [0.717, 1.165) is 32.2 Å². The molecular weight excluding hydrogens is 336 g/mol. The van der Waals surface area contributed by atoms with Crippen molar-refractivity contribution in [1.82, 2.24) is 9.62 Å². The van der Waals surface area contributed by atoms with Gasteiger partial charge in [0, 0.05) is 19.1 Å². The lowest BCUT2D eigenvalue weighted by Gasteiger charge is -2.38. The fraction of sp³-hybridized carbons (Fsp3) is 0.632. The maximum absolute atomic E-state index is 13.2. The van der Waals surface area contributed by atoms with Crippen LogP contribution in [0.3, 0.4) is 0 Å². The Labute approximate surface area is 150 Å². The van der Waals surface area contributed by atoms with Gasteiger partial charge in [-0.1, -0.05) is 37.3 Å².